The number of Topliss-reactive ketones (excluding diaryl/α,β-unsaturated/α-hetero) is 1. The van der Waals surface area contributed by atoms with Gasteiger partial charge in [0, 0.05) is 31.7 Å². The fourth-order valence-corrected chi connectivity index (χ4v) is 2.77. The number of hydrogen-bond donors (Lipinski definition) is 2. The van der Waals surface area contributed by atoms with Crippen LogP contribution < -0.4 is 5.32 Å². The minimum absolute atomic E-state index is 0.121. The first-order chi connectivity index (χ1) is 9.80. The molecular weight excluding hydrogens is 264 g/mol. The molecule has 0 aliphatic carbocycles. The number of nitrogens with zero attached hydrogens (tertiary/aromatic N) is 1. The third-order valence-electron chi connectivity index (χ3n) is 4.17. The van der Waals surface area contributed by atoms with Crippen LogP contribution in [0.15, 0.2) is 18.2 Å². The summed E-state index contributed by atoms with van der Waals surface area (Å²) in [6, 6.07) is 5.09. The minimum atomic E-state index is -0.182. The molecule has 1 fully saturated rings. The first kappa shape index (κ1) is 16.0. The van der Waals surface area contributed by atoms with Crippen molar-refractivity contribution in [3.63, 3.8) is 0 Å². The monoisotopic (exact) mass is 290 g/mol. The Balaban J connectivity index is 2.22. The van der Waals surface area contributed by atoms with E-state index in [-0.39, 0.29) is 23.0 Å². The van der Waals surface area contributed by atoms with Gasteiger partial charge in [0.15, 0.2) is 5.78 Å². The average molecular weight is 290 g/mol. The molecule has 0 saturated carbocycles. The lowest BCUT2D eigenvalue weighted by atomic mass is 9.84. The highest BCUT2D eigenvalue weighted by atomic mass is 16.3. The SMILES string of the molecule is CC(C(=O)c1ccc(O)c(C(C)(C)C)c1)N1CCNCC1. The van der Waals surface area contributed by atoms with Gasteiger partial charge in [0.2, 0.25) is 0 Å². The summed E-state index contributed by atoms with van der Waals surface area (Å²) >= 11 is 0. The number of carbonyl (C=O) groups is 1. The summed E-state index contributed by atoms with van der Waals surface area (Å²) in [5, 5.41) is 13.3. The second-order valence-electron chi connectivity index (χ2n) is 6.81. The maximum absolute atomic E-state index is 12.7. The summed E-state index contributed by atoms with van der Waals surface area (Å²) in [5.74, 6) is 0.385. The highest BCUT2D eigenvalue weighted by Gasteiger charge is 2.26. The number of aromatic hydroxyl groups is 1. The quantitative estimate of drug-likeness (QED) is 0.838. The zero-order chi connectivity index (χ0) is 15.6. The van der Waals surface area contributed by atoms with Crippen molar-refractivity contribution in [3.05, 3.63) is 29.3 Å². The number of benzene rings is 1. The Hall–Kier alpha value is -1.39. The van der Waals surface area contributed by atoms with Crippen molar-refractivity contribution in [3.8, 4) is 5.75 Å². The van der Waals surface area contributed by atoms with Gasteiger partial charge in [-0.1, -0.05) is 20.8 Å². The molecule has 4 nitrogen and oxygen atoms in total. The molecule has 2 rings (SSSR count). The number of nitrogens with one attached hydrogen (secondary N) is 1. The largest absolute Gasteiger partial charge is 0.508 e. The summed E-state index contributed by atoms with van der Waals surface area (Å²) in [4.78, 5) is 14.9. The minimum Gasteiger partial charge on any atom is -0.508 e. The Bertz CT molecular complexity index is 514. The van der Waals surface area contributed by atoms with Gasteiger partial charge >= 0.3 is 0 Å². The van der Waals surface area contributed by atoms with Gasteiger partial charge in [0.1, 0.15) is 5.75 Å². The van der Waals surface area contributed by atoms with Gasteiger partial charge in [-0.15, -0.1) is 0 Å². The topological polar surface area (TPSA) is 52.6 Å². The lowest BCUT2D eigenvalue weighted by Gasteiger charge is -2.32. The van der Waals surface area contributed by atoms with E-state index in [0.29, 0.717) is 5.56 Å². The van der Waals surface area contributed by atoms with Gasteiger partial charge in [0.25, 0.3) is 0 Å². The average Bonchev–Trinajstić information content (AvgIpc) is 2.46. The zero-order valence-corrected chi connectivity index (χ0v) is 13.4. The molecule has 21 heavy (non-hydrogen) atoms. The molecule has 4 heteroatoms. The number of ketones is 1. The number of carbonyl (C=O) groups excluding carboxylic acids is 1. The highest BCUT2D eigenvalue weighted by molar-refractivity contribution is 6.00. The Labute approximate surface area is 127 Å². The molecule has 1 heterocycles. The van der Waals surface area contributed by atoms with Crippen molar-refractivity contribution in [2.45, 2.75) is 39.2 Å². The summed E-state index contributed by atoms with van der Waals surface area (Å²) in [6.07, 6.45) is 0. The predicted molar refractivity (Wildman–Crippen MR) is 85.0 cm³/mol. The van der Waals surface area contributed by atoms with E-state index in [1.807, 2.05) is 33.8 Å². The molecule has 116 valence electrons. The maximum atomic E-state index is 12.7. The molecule has 1 atom stereocenters. The predicted octanol–water partition coefficient (Wildman–Crippen LogP) is 2.17. The zero-order valence-electron chi connectivity index (χ0n) is 13.4. The number of rotatable bonds is 3. The van der Waals surface area contributed by atoms with Gasteiger partial charge in [-0.3, -0.25) is 9.69 Å². The van der Waals surface area contributed by atoms with Crippen LogP contribution in [0.3, 0.4) is 0 Å². The Morgan fingerprint density at radius 3 is 2.48 bits per heavy atom. The maximum Gasteiger partial charge on any atom is 0.179 e. The van der Waals surface area contributed by atoms with Crippen LogP contribution in [0.1, 0.15) is 43.6 Å². The Morgan fingerprint density at radius 1 is 1.29 bits per heavy atom. The number of phenols is 1. The third kappa shape index (κ3) is 3.63. The first-order valence-electron chi connectivity index (χ1n) is 7.63. The lowest BCUT2D eigenvalue weighted by Crippen LogP contribution is -2.50. The van der Waals surface area contributed by atoms with E-state index in [9.17, 15) is 9.90 Å². The van der Waals surface area contributed by atoms with Crippen molar-refractivity contribution in [2.75, 3.05) is 26.2 Å². The normalized spacial score (nSPS) is 18.5. The fraction of sp³-hybridized carbons (Fsp3) is 0.588. The van der Waals surface area contributed by atoms with Crippen LogP contribution in [-0.4, -0.2) is 48.0 Å². The van der Waals surface area contributed by atoms with E-state index >= 15 is 0 Å². The molecule has 1 aliphatic heterocycles. The van der Waals surface area contributed by atoms with Crippen LogP contribution in [0.5, 0.6) is 5.75 Å². The first-order valence-corrected chi connectivity index (χ1v) is 7.63. The summed E-state index contributed by atoms with van der Waals surface area (Å²) in [6.45, 7) is 11.7. The molecule has 1 aliphatic rings. The molecule has 0 aromatic heterocycles. The summed E-state index contributed by atoms with van der Waals surface area (Å²) < 4.78 is 0. The number of piperazine rings is 1. The second kappa shape index (κ2) is 6.16. The van der Waals surface area contributed by atoms with Crippen LogP contribution in [0.25, 0.3) is 0 Å². The third-order valence-corrected chi connectivity index (χ3v) is 4.17. The van der Waals surface area contributed by atoms with Crippen molar-refractivity contribution >= 4 is 5.78 Å². The van der Waals surface area contributed by atoms with Crippen molar-refractivity contribution < 1.29 is 9.90 Å². The van der Waals surface area contributed by atoms with Gasteiger partial charge in [-0.05, 0) is 36.1 Å². The van der Waals surface area contributed by atoms with Gasteiger partial charge in [-0.2, -0.15) is 0 Å². The van der Waals surface area contributed by atoms with Crippen LogP contribution in [0.2, 0.25) is 0 Å². The van der Waals surface area contributed by atoms with Crippen LogP contribution in [0, 0.1) is 0 Å². The summed E-state index contributed by atoms with van der Waals surface area (Å²) in [5.41, 5.74) is 1.32. The van der Waals surface area contributed by atoms with E-state index in [4.69, 9.17) is 0 Å². The van der Waals surface area contributed by atoms with Gasteiger partial charge in [0.05, 0.1) is 6.04 Å². The van der Waals surface area contributed by atoms with E-state index in [1.165, 1.54) is 0 Å². The molecule has 1 saturated heterocycles. The molecule has 1 unspecified atom stereocenters. The van der Waals surface area contributed by atoms with Gasteiger partial charge < -0.3 is 10.4 Å². The van der Waals surface area contributed by atoms with E-state index in [2.05, 4.69) is 10.2 Å². The molecule has 0 radical (unpaired) electrons. The molecule has 1 aromatic rings. The molecule has 0 bridgehead atoms. The summed E-state index contributed by atoms with van der Waals surface area (Å²) in [7, 11) is 0. The van der Waals surface area contributed by atoms with Gasteiger partial charge in [-0.25, -0.2) is 0 Å². The van der Waals surface area contributed by atoms with Crippen LogP contribution in [0.4, 0.5) is 0 Å². The molecule has 0 spiro atoms. The number of phenolic OH excluding ortho intramolecular Hbond substituents is 1. The highest BCUT2D eigenvalue weighted by Crippen LogP contribution is 2.31. The molecular formula is C17H26N2O2. The second-order valence-corrected chi connectivity index (χ2v) is 6.81. The number of hydrogen-bond acceptors (Lipinski definition) is 4. The van der Waals surface area contributed by atoms with E-state index in [1.54, 1.807) is 12.1 Å². The Kier molecular flexibility index (Phi) is 4.69. The van der Waals surface area contributed by atoms with E-state index in [0.717, 1.165) is 31.7 Å². The molecule has 1 aromatic carbocycles. The Morgan fingerprint density at radius 2 is 1.90 bits per heavy atom. The lowest BCUT2D eigenvalue weighted by molar-refractivity contribution is 0.0820. The standard InChI is InChI=1S/C17H26N2O2/c1-12(19-9-7-18-8-10-19)16(21)13-5-6-15(20)14(11-13)17(2,3)4/h5-6,11-12,18,20H,7-10H2,1-4H3. The van der Waals surface area contributed by atoms with Crippen molar-refractivity contribution in [2.24, 2.45) is 0 Å². The van der Waals surface area contributed by atoms with E-state index < -0.39 is 0 Å². The fourth-order valence-electron chi connectivity index (χ4n) is 2.77. The van der Waals surface area contributed by atoms with Crippen molar-refractivity contribution in [1.29, 1.82) is 0 Å². The smallest absolute Gasteiger partial charge is 0.179 e. The van der Waals surface area contributed by atoms with Crippen molar-refractivity contribution in [1.82, 2.24) is 10.2 Å². The molecule has 2 N–H and O–H groups in total. The van der Waals surface area contributed by atoms with Crippen LogP contribution in [-0.2, 0) is 5.41 Å². The molecule has 0 amide bonds. The van der Waals surface area contributed by atoms with Crippen LogP contribution >= 0.6 is 0 Å².